The van der Waals surface area contributed by atoms with Crippen molar-refractivity contribution < 1.29 is 0 Å². The summed E-state index contributed by atoms with van der Waals surface area (Å²) in [4.78, 5) is 19.9. The molecule has 0 aliphatic carbocycles. The Balaban J connectivity index is 1.05. The predicted octanol–water partition coefficient (Wildman–Crippen LogP) is 13.8. The van der Waals surface area contributed by atoms with Gasteiger partial charge in [-0.05, 0) is 71.3 Å². The Morgan fingerprint density at radius 3 is 1.42 bits per heavy atom. The first-order valence-electron chi connectivity index (χ1n) is 20.8. The van der Waals surface area contributed by atoms with E-state index in [-0.39, 0.29) is 0 Å². The maximum Gasteiger partial charge on any atom is 0.164 e. The molecular formula is C56H36N6. The molecule has 0 saturated heterocycles. The van der Waals surface area contributed by atoms with Gasteiger partial charge in [0.05, 0.1) is 22.1 Å². The molecule has 4 aromatic heterocycles. The van der Waals surface area contributed by atoms with Gasteiger partial charge >= 0.3 is 0 Å². The van der Waals surface area contributed by atoms with Crippen molar-refractivity contribution in [2.75, 3.05) is 0 Å². The number of pyridine rings is 1. The van der Waals surface area contributed by atoms with Crippen molar-refractivity contribution in [2.45, 2.75) is 0 Å². The lowest BCUT2D eigenvalue weighted by Crippen LogP contribution is -2.01. The first-order chi connectivity index (χ1) is 30.7. The number of fused-ring (bicyclic) bond motifs is 6. The minimum absolute atomic E-state index is 0.608. The number of hydrogen-bond donors (Lipinski definition) is 0. The third-order valence-corrected chi connectivity index (χ3v) is 11.8. The number of hydrogen-bond acceptors (Lipinski definition) is 4. The summed E-state index contributed by atoms with van der Waals surface area (Å²) in [6, 6.07) is 72.3. The smallest absolute Gasteiger partial charge is 0.164 e. The van der Waals surface area contributed by atoms with Crippen molar-refractivity contribution in [1.29, 1.82) is 0 Å². The van der Waals surface area contributed by atoms with Gasteiger partial charge in [0.1, 0.15) is 0 Å². The van der Waals surface area contributed by atoms with Crippen LogP contribution in [0.3, 0.4) is 0 Å². The molecular weight excluding hydrogens is 757 g/mol. The standard InChI is InChI=1S/C56H36N6/c1-5-16-37(17-6-1)48-35-57-36-49-47-34-41(40-28-30-51-46(33-40)45-26-13-14-27-50(45)61(51)43-23-11-4-12-24-43)29-31-52(47)62(53(48)49)44-25-15-22-42(32-44)56-59-54(38-18-7-2-8-19-38)58-55(60-56)39-20-9-3-10-21-39/h1-36H. The minimum Gasteiger partial charge on any atom is -0.309 e. The van der Waals surface area contributed by atoms with Crippen LogP contribution in [0.15, 0.2) is 219 Å². The van der Waals surface area contributed by atoms with Gasteiger partial charge in [0.25, 0.3) is 0 Å². The third-order valence-electron chi connectivity index (χ3n) is 11.8. The number of rotatable bonds is 7. The lowest BCUT2D eigenvalue weighted by Gasteiger charge is -2.13. The topological polar surface area (TPSA) is 61.4 Å². The van der Waals surface area contributed by atoms with E-state index in [4.69, 9.17) is 19.9 Å². The molecule has 0 spiro atoms. The largest absolute Gasteiger partial charge is 0.309 e. The van der Waals surface area contributed by atoms with Crippen LogP contribution >= 0.6 is 0 Å². The summed E-state index contributed by atoms with van der Waals surface area (Å²) in [5, 5.41) is 4.65. The van der Waals surface area contributed by atoms with Crippen LogP contribution in [-0.4, -0.2) is 29.1 Å². The molecule has 0 aliphatic rings. The zero-order chi connectivity index (χ0) is 41.0. The summed E-state index contributed by atoms with van der Waals surface area (Å²) < 4.78 is 4.73. The van der Waals surface area contributed by atoms with Crippen molar-refractivity contribution in [3.8, 4) is 67.8 Å². The molecule has 62 heavy (non-hydrogen) atoms. The van der Waals surface area contributed by atoms with E-state index in [1.165, 1.54) is 21.8 Å². The fourth-order valence-corrected chi connectivity index (χ4v) is 8.97. The van der Waals surface area contributed by atoms with Gasteiger partial charge in [0.2, 0.25) is 0 Å². The molecule has 0 unspecified atom stereocenters. The Morgan fingerprint density at radius 2 is 0.774 bits per heavy atom. The molecule has 12 aromatic rings. The van der Waals surface area contributed by atoms with Gasteiger partial charge in [-0.1, -0.05) is 152 Å². The molecule has 0 amide bonds. The number of benzene rings is 8. The molecule has 6 nitrogen and oxygen atoms in total. The van der Waals surface area contributed by atoms with E-state index in [0.717, 1.165) is 72.1 Å². The Labute approximate surface area is 357 Å². The van der Waals surface area contributed by atoms with Gasteiger partial charge in [-0.3, -0.25) is 4.98 Å². The number of aromatic nitrogens is 6. The molecule has 8 aromatic carbocycles. The van der Waals surface area contributed by atoms with Gasteiger partial charge < -0.3 is 9.13 Å². The summed E-state index contributed by atoms with van der Waals surface area (Å²) in [5.41, 5.74) is 13.9. The number of para-hydroxylation sites is 2. The summed E-state index contributed by atoms with van der Waals surface area (Å²) >= 11 is 0. The monoisotopic (exact) mass is 792 g/mol. The number of nitrogens with zero attached hydrogens (tertiary/aromatic N) is 6. The van der Waals surface area contributed by atoms with E-state index in [1.54, 1.807) is 0 Å². The van der Waals surface area contributed by atoms with Crippen molar-refractivity contribution >= 4 is 43.6 Å². The lowest BCUT2D eigenvalue weighted by molar-refractivity contribution is 1.07. The Kier molecular flexibility index (Phi) is 8.38. The normalized spacial score (nSPS) is 11.5. The second-order valence-corrected chi connectivity index (χ2v) is 15.5. The van der Waals surface area contributed by atoms with Crippen molar-refractivity contribution in [1.82, 2.24) is 29.1 Å². The van der Waals surface area contributed by atoms with Crippen LogP contribution in [0, 0.1) is 0 Å². The molecule has 6 heteroatoms. The maximum absolute atomic E-state index is 5.07. The summed E-state index contributed by atoms with van der Waals surface area (Å²) in [6.07, 6.45) is 3.99. The van der Waals surface area contributed by atoms with E-state index < -0.39 is 0 Å². The molecule has 0 atom stereocenters. The molecule has 12 rings (SSSR count). The molecule has 0 aliphatic heterocycles. The van der Waals surface area contributed by atoms with Gasteiger partial charge in [-0.25, -0.2) is 15.0 Å². The highest BCUT2D eigenvalue weighted by atomic mass is 15.0. The summed E-state index contributed by atoms with van der Waals surface area (Å²) in [7, 11) is 0. The van der Waals surface area contributed by atoms with Gasteiger partial charge in [0.15, 0.2) is 17.5 Å². The molecule has 4 heterocycles. The first-order valence-corrected chi connectivity index (χ1v) is 20.8. The van der Waals surface area contributed by atoms with E-state index in [1.807, 2.05) is 73.1 Å². The minimum atomic E-state index is 0.608. The Hall–Kier alpha value is -8.48. The Morgan fingerprint density at radius 1 is 0.290 bits per heavy atom. The Bertz CT molecular complexity index is 3560. The third kappa shape index (κ3) is 5.96. The summed E-state index contributed by atoms with van der Waals surface area (Å²) in [6.45, 7) is 0. The first kappa shape index (κ1) is 35.5. The maximum atomic E-state index is 5.07. The molecule has 0 N–H and O–H groups in total. The second kappa shape index (κ2) is 14.7. The predicted molar refractivity (Wildman–Crippen MR) is 253 cm³/mol. The van der Waals surface area contributed by atoms with Crippen molar-refractivity contribution in [3.05, 3.63) is 219 Å². The van der Waals surface area contributed by atoms with Gasteiger partial charge in [-0.2, -0.15) is 0 Å². The molecule has 0 bridgehead atoms. The average Bonchev–Trinajstić information content (AvgIpc) is 3.87. The fraction of sp³-hybridized carbons (Fsp3) is 0. The van der Waals surface area contributed by atoms with Crippen LogP contribution in [-0.2, 0) is 0 Å². The zero-order valence-corrected chi connectivity index (χ0v) is 33.5. The van der Waals surface area contributed by atoms with E-state index in [2.05, 4.69) is 155 Å². The quantitative estimate of drug-likeness (QED) is 0.161. The fourth-order valence-electron chi connectivity index (χ4n) is 8.97. The second-order valence-electron chi connectivity index (χ2n) is 15.5. The highest BCUT2D eigenvalue weighted by molar-refractivity contribution is 6.15. The van der Waals surface area contributed by atoms with Crippen molar-refractivity contribution in [3.63, 3.8) is 0 Å². The van der Waals surface area contributed by atoms with Gasteiger partial charge in [-0.15, -0.1) is 0 Å². The van der Waals surface area contributed by atoms with Gasteiger partial charge in [0, 0.05) is 67.6 Å². The highest BCUT2D eigenvalue weighted by Gasteiger charge is 2.20. The molecule has 0 saturated carbocycles. The van der Waals surface area contributed by atoms with Crippen molar-refractivity contribution in [2.24, 2.45) is 0 Å². The molecule has 0 radical (unpaired) electrons. The van der Waals surface area contributed by atoms with Crippen LogP contribution in [0.25, 0.3) is 111 Å². The highest BCUT2D eigenvalue weighted by Crippen LogP contribution is 2.41. The zero-order valence-electron chi connectivity index (χ0n) is 33.5. The SMILES string of the molecule is c1ccc(-c2nc(-c3ccccc3)nc(-c3cccc(-n4c5ccc(-c6ccc7c(c6)c6ccccc6n7-c6ccccc6)cc5c5cncc(-c6ccccc6)c54)c3)n2)cc1. The van der Waals surface area contributed by atoms with Crippen LogP contribution in [0.5, 0.6) is 0 Å². The van der Waals surface area contributed by atoms with E-state index >= 15 is 0 Å². The van der Waals surface area contributed by atoms with E-state index in [9.17, 15) is 0 Å². The van der Waals surface area contributed by atoms with Crippen LogP contribution in [0.2, 0.25) is 0 Å². The van der Waals surface area contributed by atoms with Crippen LogP contribution < -0.4 is 0 Å². The lowest BCUT2D eigenvalue weighted by atomic mass is 10.00. The average molecular weight is 793 g/mol. The summed E-state index contributed by atoms with van der Waals surface area (Å²) in [5.74, 6) is 1.87. The van der Waals surface area contributed by atoms with Crippen LogP contribution in [0.1, 0.15) is 0 Å². The molecule has 290 valence electrons. The molecule has 0 fully saturated rings. The van der Waals surface area contributed by atoms with Crippen LogP contribution in [0.4, 0.5) is 0 Å². The van der Waals surface area contributed by atoms with E-state index in [0.29, 0.717) is 17.5 Å².